The number of hydrogen-bond donors (Lipinski definition) is 1. The Bertz CT molecular complexity index is 316. The normalized spacial score (nSPS) is 32.3. The molecule has 0 amide bonds. The average molecular weight is 224 g/mol. The van der Waals surface area contributed by atoms with Crippen LogP contribution in [0.1, 0.15) is 13.8 Å². The second kappa shape index (κ2) is 3.63. The fourth-order valence-electron chi connectivity index (χ4n) is 1.72. The Balaban J connectivity index is 3.10. The van der Waals surface area contributed by atoms with E-state index in [1.54, 1.807) is 0 Å². The summed E-state index contributed by atoms with van der Waals surface area (Å²) in [5.74, 6) is -0.700. The van der Waals surface area contributed by atoms with E-state index in [9.17, 15) is 22.7 Å². The van der Waals surface area contributed by atoms with Gasteiger partial charge < -0.3 is 5.11 Å². The van der Waals surface area contributed by atoms with Gasteiger partial charge in [-0.2, -0.15) is 13.2 Å². The first-order valence-electron chi connectivity index (χ1n) is 4.47. The van der Waals surface area contributed by atoms with Crippen molar-refractivity contribution < 1.29 is 22.7 Å². The molecule has 1 aliphatic rings. The number of hydrogen-bond acceptors (Lipinski definition) is 1. The van der Waals surface area contributed by atoms with E-state index in [1.807, 2.05) is 0 Å². The lowest BCUT2D eigenvalue weighted by Gasteiger charge is -2.16. The van der Waals surface area contributed by atoms with Crippen LogP contribution in [0.2, 0.25) is 0 Å². The van der Waals surface area contributed by atoms with Crippen molar-refractivity contribution >= 4 is 0 Å². The second-order valence-electron chi connectivity index (χ2n) is 3.75. The average Bonchev–Trinajstić information content (AvgIpc) is 2.29. The fourth-order valence-corrected chi connectivity index (χ4v) is 1.72. The molecule has 0 aromatic rings. The topological polar surface area (TPSA) is 20.2 Å². The number of alkyl halides is 4. The molecule has 15 heavy (non-hydrogen) atoms. The molecule has 0 saturated heterocycles. The molecule has 0 spiro atoms. The van der Waals surface area contributed by atoms with E-state index in [4.69, 9.17) is 0 Å². The number of aliphatic hydroxyl groups is 1. The third kappa shape index (κ3) is 1.93. The summed E-state index contributed by atoms with van der Waals surface area (Å²) in [5, 5.41) is 9.34. The van der Waals surface area contributed by atoms with Crippen LogP contribution in [0, 0.1) is 5.92 Å². The highest BCUT2D eigenvalue weighted by atomic mass is 19.4. The lowest BCUT2D eigenvalue weighted by Crippen LogP contribution is -2.25. The summed E-state index contributed by atoms with van der Waals surface area (Å²) in [4.78, 5) is 0. The molecule has 0 aromatic carbocycles. The van der Waals surface area contributed by atoms with Crippen LogP contribution in [-0.4, -0.2) is 23.6 Å². The summed E-state index contributed by atoms with van der Waals surface area (Å²) < 4.78 is 50.3. The summed E-state index contributed by atoms with van der Waals surface area (Å²) in [5.41, 5.74) is -1.33. The summed E-state index contributed by atoms with van der Waals surface area (Å²) in [6.07, 6.45) is -8.02. The Morgan fingerprint density at radius 2 is 1.87 bits per heavy atom. The Morgan fingerprint density at radius 3 is 2.13 bits per heavy atom. The SMILES string of the molecule is C=C(C1=C(C)[C@@H](C)[C@@H](F)[C@H]1O)C(F)(F)F. The number of aliphatic hydroxyl groups excluding tert-OH is 1. The van der Waals surface area contributed by atoms with Gasteiger partial charge in [0, 0.05) is 5.92 Å². The first kappa shape index (κ1) is 12.2. The molecule has 0 fully saturated rings. The highest BCUT2D eigenvalue weighted by molar-refractivity contribution is 5.44. The molecule has 1 aliphatic carbocycles. The molecule has 1 rings (SSSR count). The van der Waals surface area contributed by atoms with E-state index in [-0.39, 0.29) is 5.57 Å². The molecule has 3 atom stereocenters. The predicted molar refractivity (Wildman–Crippen MR) is 48.0 cm³/mol. The zero-order valence-corrected chi connectivity index (χ0v) is 8.40. The van der Waals surface area contributed by atoms with Gasteiger partial charge in [0.15, 0.2) is 0 Å². The molecule has 0 unspecified atom stereocenters. The van der Waals surface area contributed by atoms with Crippen LogP contribution in [0.25, 0.3) is 0 Å². The van der Waals surface area contributed by atoms with E-state index in [0.717, 1.165) is 0 Å². The van der Waals surface area contributed by atoms with Gasteiger partial charge in [0.2, 0.25) is 0 Å². The van der Waals surface area contributed by atoms with Crippen LogP contribution in [0.3, 0.4) is 0 Å². The van der Waals surface area contributed by atoms with Crippen molar-refractivity contribution in [3.8, 4) is 0 Å². The molecule has 0 radical (unpaired) electrons. The Kier molecular flexibility index (Phi) is 2.96. The van der Waals surface area contributed by atoms with E-state index >= 15 is 0 Å². The van der Waals surface area contributed by atoms with Gasteiger partial charge in [0.25, 0.3) is 0 Å². The number of rotatable bonds is 1. The molecule has 1 N–H and O–H groups in total. The van der Waals surface area contributed by atoms with Gasteiger partial charge in [-0.3, -0.25) is 0 Å². The zero-order chi connectivity index (χ0) is 12.0. The van der Waals surface area contributed by atoms with Crippen molar-refractivity contribution in [2.45, 2.75) is 32.3 Å². The van der Waals surface area contributed by atoms with E-state index in [0.29, 0.717) is 0 Å². The van der Waals surface area contributed by atoms with Crippen molar-refractivity contribution in [3.05, 3.63) is 23.3 Å². The minimum absolute atomic E-state index is 0.220. The van der Waals surface area contributed by atoms with Crippen LogP contribution >= 0.6 is 0 Å². The third-order valence-electron chi connectivity index (χ3n) is 2.85. The third-order valence-corrected chi connectivity index (χ3v) is 2.85. The highest BCUT2D eigenvalue weighted by Crippen LogP contribution is 2.42. The van der Waals surface area contributed by atoms with Crippen molar-refractivity contribution in [3.63, 3.8) is 0 Å². The Morgan fingerprint density at radius 1 is 1.40 bits per heavy atom. The molecule has 86 valence electrons. The first-order valence-corrected chi connectivity index (χ1v) is 4.47. The molecular weight excluding hydrogens is 212 g/mol. The van der Waals surface area contributed by atoms with Gasteiger partial charge in [0.05, 0.1) is 5.57 Å². The van der Waals surface area contributed by atoms with Crippen molar-refractivity contribution in [2.75, 3.05) is 0 Å². The quantitative estimate of drug-likeness (QED) is 0.679. The van der Waals surface area contributed by atoms with E-state index < -0.39 is 35.5 Å². The van der Waals surface area contributed by atoms with E-state index in [2.05, 4.69) is 6.58 Å². The minimum atomic E-state index is -4.62. The Hall–Kier alpha value is -0.840. The van der Waals surface area contributed by atoms with Crippen LogP contribution in [-0.2, 0) is 0 Å². The van der Waals surface area contributed by atoms with Gasteiger partial charge in [-0.15, -0.1) is 0 Å². The van der Waals surface area contributed by atoms with Crippen molar-refractivity contribution in [2.24, 2.45) is 5.92 Å². The molecule has 1 nitrogen and oxygen atoms in total. The maximum atomic E-state index is 13.3. The van der Waals surface area contributed by atoms with Crippen LogP contribution in [0.5, 0.6) is 0 Å². The molecule has 0 heterocycles. The fraction of sp³-hybridized carbons (Fsp3) is 0.600. The second-order valence-corrected chi connectivity index (χ2v) is 3.75. The zero-order valence-electron chi connectivity index (χ0n) is 8.40. The van der Waals surface area contributed by atoms with Crippen molar-refractivity contribution in [1.29, 1.82) is 0 Å². The number of allylic oxidation sites excluding steroid dienone is 1. The predicted octanol–water partition coefficient (Wildman–Crippen LogP) is 2.77. The maximum Gasteiger partial charge on any atom is 0.416 e. The lowest BCUT2D eigenvalue weighted by molar-refractivity contribution is -0.0908. The maximum absolute atomic E-state index is 13.3. The molecular formula is C10H12F4O. The van der Waals surface area contributed by atoms with E-state index in [1.165, 1.54) is 13.8 Å². The molecule has 5 heteroatoms. The Labute approximate surface area is 85.1 Å². The van der Waals surface area contributed by atoms with Crippen LogP contribution < -0.4 is 0 Å². The molecule has 0 aliphatic heterocycles. The molecule has 0 bridgehead atoms. The molecule has 0 saturated carbocycles. The van der Waals surface area contributed by atoms with Gasteiger partial charge >= 0.3 is 6.18 Å². The van der Waals surface area contributed by atoms with Crippen LogP contribution in [0.15, 0.2) is 23.3 Å². The minimum Gasteiger partial charge on any atom is -0.385 e. The van der Waals surface area contributed by atoms with Crippen molar-refractivity contribution in [1.82, 2.24) is 0 Å². The van der Waals surface area contributed by atoms with Gasteiger partial charge in [-0.1, -0.05) is 19.1 Å². The standard InChI is InChI=1S/C10H12F4O/c1-4-5(2)8(11)9(15)7(4)6(3)10(12,13)14/h5,8-9,15H,3H2,1-2H3/t5-,8-,9+/m1/s1. The van der Waals surface area contributed by atoms with Gasteiger partial charge in [-0.05, 0) is 12.5 Å². The first-order chi connectivity index (χ1) is 6.68. The lowest BCUT2D eigenvalue weighted by atomic mass is 10.0. The van der Waals surface area contributed by atoms with Gasteiger partial charge in [-0.25, -0.2) is 4.39 Å². The summed E-state index contributed by atoms with van der Waals surface area (Å²) in [6.45, 7) is 5.70. The molecule has 0 aromatic heterocycles. The monoisotopic (exact) mass is 224 g/mol. The summed E-state index contributed by atoms with van der Waals surface area (Å²) in [7, 11) is 0. The summed E-state index contributed by atoms with van der Waals surface area (Å²) in [6, 6.07) is 0. The number of halogens is 4. The highest BCUT2D eigenvalue weighted by Gasteiger charge is 2.45. The van der Waals surface area contributed by atoms with Crippen LogP contribution in [0.4, 0.5) is 17.6 Å². The largest absolute Gasteiger partial charge is 0.416 e. The smallest absolute Gasteiger partial charge is 0.385 e. The summed E-state index contributed by atoms with van der Waals surface area (Å²) >= 11 is 0. The van der Waals surface area contributed by atoms with Gasteiger partial charge in [0.1, 0.15) is 12.3 Å².